The van der Waals surface area contributed by atoms with Gasteiger partial charge in [-0.15, -0.1) is 6.42 Å². The molecule has 0 saturated carbocycles. The number of nitrogens with two attached hydrogens (primary N) is 1. The van der Waals surface area contributed by atoms with Gasteiger partial charge in [-0.2, -0.15) is 9.97 Å². The van der Waals surface area contributed by atoms with Gasteiger partial charge in [0, 0.05) is 38.6 Å². The highest BCUT2D eigenvalue weighted by Gasteiger charge is 2.63. The van der Waals surface area contributed by atoms with E-state index in [9.17, 15) is 24.0 Å². The highest BCUT2D eigenvalue weighted by molar-refractivity contribution is 6.28. The number of carbonyl (C=O) groups excluding carboxylic acids is 4. The predicted octanol–water partition coefficient (Wildman–Crippen LogP) is 2.80. The zero-order valence-corrected chi connectivity index (χ0v) is 31.4. The number of hydrogen-bond donors (Lipinski definition) is 1. The third kappa shape index (κ3) is 7.88. The number of imidazole rings is 1. The van der Waals surface area contributed by atoms with Crippen molar-refractivity contribution in [1.82, 2.24) is 24.1 Å². The molecular weight excluding hydrogens is 740 g/mol. The van der Waals surface area contributed by atoms with Crippen molar-refractivity contribution in [1.29, 1.82) is 0 Å². The number of benzene rings is 1. The summed E-state index contributed by atoms with van der Waals surface area (Å²) in [7, 11) is 0. The lowest BCUT2D eigenvalue weighted by molar-refractivity contribution is -0.200. The molecule has 2 N–H and O–H groups in total. The minimum Gasteiger partial charge on any atom is -0.463 e. The average Bonchev–Trinajstić information content (AvgIpc) is 3.69. The molecule has 1 saturated heterocycles. The largest absolute Gasteiger partial charge is 0.463 e. The van der Waals surface area contributed by atoms with Crippen molar-refractivity contribution in [2.45, 2.75) is 77.2 Å². The van der Waals surface area contributed by atoms with E-state index in [0.717, 1.165) is 13.8 Å². The van der Waals surface area contributed by atoms with Gasteiger partial charge >= 0.3 is 23.9 Å². The molecule has 0 radical (unpaired) electrons. The van der Waals surface area contributed by atoms with Crippen molar-refractivity contribution < 1.29 is 47.6 Å². The summed E-state index contributed by atoms with van der Waals surface area (Å²) in [5, 5.41) is -0.236. The first-order valence-corrected chi connectivity index (χ1v) is 17.6. The third-order valence-corrected chi connectivity index (χ3v) is 8.93. The van der Waals surface area contributed by atoms with Crippen LogP contribution in [-0.4, -0.2) is 91.2 Å². The third-order valence-electron chi connectivity index (χ3n) is 8.76. The predicted molar refractivity (Wildman–Crippen MR) is 195 cm³/mol. The number of hydrogen-bond acceptors (Lipinski definition) is 15. The van der Waals surface area contributed by atoms with E-state index < -0.39 is 66.5 Å². The second kappa shape index (κ2) is 16.7. The number of carbonyl (C=O) groups is 4. The number of nitrogen functional groups attached to an aromatic ring is 1. The van der Waals surface area contributed by atoms with Crippen LogP contribution in [0.3, 0.4) is 0 Å². The van der Waals surface area contributed by atoms with E-state index in [4.69, 9.17) is 52.2 Å². The van der Waals surface area contributed by atoms with Gasteiger partial charge in [0.05, 0.1) is 26.1 Å². The van der Waals surface area contributed by atoms with Crippen molar-refractivity contribution >= 4 is 52.5 Å². The van der Waals surface area contributed by atoms with Gasteiger partial charge in [0.25, 0.3) is 11.2 Å². The smallest absolute Gasteiger partial charge is 0.350 e. The summed E-state index contributed by atoms with van der Waals surface area (Å²) in [6.07, 6.45) is 4.06. The molecule has 4 atom stereocenters. The SMILES string of the molecule is C#C[C@@]1(OC(C)=O)[C@@H](COC(Cc2ccc(-c3cccn(CC)c3=O)cc2)(C(=O)OCC)C(=O)OCC)O[C@@H](n2cnc3c(N)nc(Cl)nc32)[C@@H]1OC(C)=O. The zero-order valence-electron chi connectivity index (χ0n) is 30.6. The minimum atomic E-state index is -2.47. The van der Waals surface area contributed by atoms with Gasteiger partial charge in [0.15, 0.2) is 17.7 Å². The van der Waals surface area contributed by atoms with E-state index in [1.165, 1.54) is 10.9 Å². The lowest BCUT2D eigenvalue weighted by atomic mass is 9.90. The Morgan fingerprint density at radius 2 is 1.71 bits per heavy atom. The molecule has 1 aromatic carbocycles. The van der Waals surface area contributed by atoms with Gasteiger partial charge in [-0.1, -0.05) is 30.2 Å². The van der Waals surface area contributed by atoms with Crippen LogP contribution in [0.15, 0.2) is 53.7 Å². The van der Waals surface area contributed by atoms with Crippen LogP contribution in [0, 0.1) is 12.3 Å². The number of terminal acetylenes is 1. The number of fused-ring (bicyclic) bond motifs is 1. The molecule has 1 aliphatic heterocycles. The van der Waals surface area contributed by atoms with Gasteiger partial charge in [-0.3, -0.25) is 19.0 Å². The Labute approximate surface area is 320 Å². The normalized spacial score (nSPS) is 19.4. The van der Waals surface area contributed by atoms with Gasteiger partial charge in [-0.05, 0) is 55.6 Å². The standard InChI is InChI=1S/C37H39ClN6O11/c1-7-36(55-22(6)46)26(54-32(28(36)53-21(5)45)44-20-40-27-29(39)41-35(38)42-30(27)44)19-52-37(33(48)50-9-3,34(49)51-10-4)18-23-13-15-24(16-14-23)25-12-11-17-43(8-2)31(25)47/h1,11-17,20,26,28,32H,8-10,18-19H2,2-6H3,(H2,39,41,42)/t26-,28+,32-,36-/m1/s1. The van der Waals surface area contributed by atoms with Crippen molar-refractivity contribution in [3.05, 3.63) is 70.1 Å². The van der Waals surface area contributed by atoms with Crippen molar-refractivity contribution in [2.75, 3.05) is 25.6 Å². The van der Waals surface area contributed by atoms with Gasteiger partial charge in [0.1, 0.15) is 11.6 Å². The minimum absolute atomic E-state index is 0.0509. The molecule has 290 valence electrons. The first-order valence-electron chi connectivity index (χ1n) is 17.2. The number of rotatable bonds is 14. The zero-order chi connectivity index (χ0) is 40.1. The Morgan fingerprint density at radius 1 is 1.04 bits per heavy atom. The molecule has 0 bridgehead atoms. The maximum atomic E-state index is 13.9. The average molecular weight is 779 g/mol. The highest BCUT2D eigenvalue weighted by Crippen LogP contribution is 2.44. The Balaban J connectivity index is 1.59. The second-order valence-corrected chi connectivity index (χ2v) is 12.6. The monoisotopic (exact) mass is 778 g/mol. The lowest BCUT2D eigenvalue weighted by Crippen LogP contribution is -2.57. The number of esters is 4. The number of pyridine rings is 1. The van der Waals surface area contributed by atoms with Gasteiger partial charge in [-0.25, -0.2) is 14.6 Å². The molecule has 3 aromatic heterocycles. The van der Waals surface area contributed by atoms with Gasteiger partial charge in [0.2, 0.25) is 17.0 Å². The summed E-state index contributed by atoms with van der Waals surface area (Å²) < 4.78 is 37.6. The van der Waals surface area contributed by atoms with Crippen molar-refractivity contribution in [3.63, 3.8) is 0 Å². The number of halogens is 1. The molecule has 4 aromatic rings. The van der Waals surface area contributed by atoms with E-state index >= 15 is 0 Å². The van der Waals surface area contributed by atoms with Crippen LogP contribution in [-0.2, 0) is 60.6 Å². The highest BCUT2D eigenvalue weighted by atomic mass is 35.5. The van der Waals surface area contributed by atoms with Crippen LogP contribution >= 0.6 is 11.6 Å². The fourth-order valence-corrected chi connectivity index (χ4v) is 6.47. The van der Waals surface area contributed by atoms with Crippen molar-refractivity contribution in [2.24, 2.45) is 0 Å². The Kier molecular flexibility index (Phi) is 12.2. The summed E-state index contributed by atoms with van der Waals surface area (Å²) in [6.45, 7) is 6.59. The molecule has 4 heterocycles. The van der Waals surface area contributed by atoms with Crippen LogP contribution < -0.4 is 11.3 Å². The maximum absolute atomic E-state index is 13.9. The maximum Gasteiger partial charge on any atom is 0.350 e. The number of aromatic nitrogens is 5. The molecule has 5 rings (SSSR count). The first-order chi connectivity index (χ1) is 26.2. The molecule has 0 unspecified atom stereocenters. The summed E-state index contributed by atoms with van der Waals surface area (Å²) in [5.41, 5.74) is 2.76. The molecule has 18 heteroatoms. The summed E-state index contributed by atoms with van der Waals surface area (Å²) in [5.74, 6) is -1.58. The van der Waals surface area contributed by atoms with Crippen molar-refractivity contribution in [3.8, 4) is 23.5 Å². The van der Waals surface area contributed by atoms with Crippen LogP contribution in [0.25, 0.3) is 22.3 Å². The Bertz CT molecular complexity index is 2180. The number of ether oxygens (including phenoxy) is 6. The number of anilines is 1. The summed E-state index contributed by atoms with van der Waals surface area (Å²) >= 11 is 6.10. The van der Waals surface area contributed by atoms with E-state index in [1.54, 1.807) is 61.0 Å². The van der Waals surface area contributed by atoms with E-state index in [2.05, 4.69) is 20.9 Å². The molecule has 0 aliphatic carbocycles. The van der Waals surface area contributed by atoms with E-state index in [0.29, 0.717) is 23.2 Å². The number of aryl methyl sites for hydroxylation is 1. The molecule has 0 spiro atoms. The lowest BCUT2D eigenvalue weighted by Gasteiger charge is -2.35. The van der Waals surface area contributed by atoms with Crippen LogP contribution in [0.1, 0.15) is 46.4 Å². The molecule has 17 nitrogen and oxygen atoms in total. The molecule has 55 heavy (non-hydrogen) atoms. The summed E-state index contributed by atoms with van der Waals surface area (Å²) in [4.78, 5) is 78.3. The van der Waals surface area contributed by atoms with Gasteiger partial charge < -0.3 is 38.7 Å². The fourth-order valence-electron chi connectivity index (χ4n) is 6.30. The van der Waals surface area contributed by atoms with E-state index in [-0.39, 0.29) is 41.0 Å². The van der Waals surface area contributed by atoms with Crippen LogP contribution in [0.4, 0.5) is 5.82 Å². The molecule has 1 fully saturated rings. The quantitative estimate of drug-likeness (QED) is 0.0640. The van der Waals surface area contributed by atoms with E-state index in [1.807, 2.05) is 6.92 Å². The molecule has 1 aliphatic rings. The second-order valence-electron chi connectivity index (χ2n) is 12.2. The Hall–Kier alpha value is -5.83. The molecular formula is C37H39ClN6O11. The first kappa shape index (κ1) is 40.4. The number of nitrogens with zero attached hydrogens (tertiary/aromatic N) is 5. The summed E-state index contributed by atoms with van der Waals surface area (Å²) in [6, 6.07) is 10.0. The fraction of sp³-hybridized carbons (Fsp3) is 0.405. The topological polar surface area (TPSA) is 215 Å². The van der Waals surface area contributed by atoms with Crippen LogP contribution in [0.2, 0.25) is 5.28 Å². The van der Waals surface area contributed by atoms with Crippen LogP contribution in [0.5, 0.6) is 0 Å². The molecule has 0 amide bonds. The Morgan fingerprint density at radius 3 is 2.29 bits per heavy atom.